The number of amides is 1. The Morgan fingerprint density at radius 3 is 2.74 bits per heavy atom. The van der Waals surface area contributed by atoms with E-state index in [4.69, 9.17) is 0 Å². The molecular weight excluding hydrogens is 314 g/mol. The Labute approximate surface area is 134 Å². The van der Waals surface area contributed by atoms with Gasteiger partial charge in [-0.05, 0) is 12.1 Å². The topological polar surface area (TPSA) is 80.2 Å². The molecule has 1 atom stereocenters. The van der Waals surface area contributed by atoms with Crippen LogP contribution in [0.25, 0.3) is 11.0 Å². The lowest BCUT2D eigenvalue weighted by molar-refractivity contribution is -0.131. The number of rotatable bonds is 4. The summed E-state index contributed by atoms with van der Waals surface area (Å²) in [7, 11) is -1.44. The first-order valence-electron chi connectivity index (χ1n) is 7.28. The maximum absolute atomic E-state index is 12.2. The molecule has 0 saturated heterocycles. The summed E-state index contributed by atoms with van der Waals surface area (Å²) in [5.74, 6) is -0.327. The van der Waals surface area contributed by atoms with Crippen molar-refractivity contribution in [1.82, 2.24) is 14.9 Å². The largest absolute Gasteiger partial charge is 0.340 e. The lowest BCUT2D eigenvalue weighted by atomic mass is 10.1. The summed E-state index contributed by atoms with van der Waals surface area (Å²) in [5.41, 5.74) is 2.30. The van der Waals surface area contributed by atoms with Gasteiger partial charge in [-0.3, -0.25) is 9.78 Å². The minimum Gasteiger partial charge on any atom is -0.340 e. The molecule has 0 unspecified atom stereocenters. The zero-order valence-corrected chi connectivity index (χ0v) is 13.5. The second kappa shape index (κ2) is 6.08. The van der Waals surface area contributed by atoms with Crippen LogP contribution in [0.1, 0.15) is 12.1 Å². The monoisotopic (exact) mass is 331 g/mol. The predicted molar refractivity (Wildman–Crippen MR) is 87.0 cm³/mol. The van der Waals surface area contributed by atoms with E-state index in [0.29, 0.717) is 12.2 Å². The Morgan fingerprint density at radius 1 is 1.30 bits per heavy atom. The second-order valence-corrected chi connectivity index (χ2v) is 7.65. The Balaban J connectivity index is 1.64. The Kier molecular flexibility index (Phi) is 4.12. The fourth-order valence-corrected chi connectivity index (χ4v) is 3.95. The van der Waals surface area contributed by atoms with Gasteiger partial charge in [0.25, 0.3) is 0 Å². The zero-order valence-electron chi connectivity index (χ0n) is 12.7. The number of nitrogens with zero attached hydrogens (tertiary/aromatic N) is 3. The molecule has 1 amide bonds. The van der Waals surface area contributed by atoms with E-state index in [1.54, 1.807) is 24.2 Å². The number of benzene rings is 1. The van der Waals surface area contributed by atoms with Crippen LogP contribution in [0, 0.1) is 5.92 Å². The van der Waals surface area contributed by atoms with Gasteiger partial charge in [-0.2, -0.15) is 0 Å². The van der Waals surface area contributed by atoms with E-state index >= 15 is 0 Å². The number of fused-ring (bicyclic) bond motifs is 1. The van der Waals surface area contributed by atoms with Crippen LogP contribution in [0.5, 0.6) is 0 Å². The molecule has 23 heavy (non-hydrogen) atoms. The molecule has 7 heteroatoms. The summed E-state index contributed by atoms with van der Waals surface area (Å²) >= 11 is 0. The molecule has 0 bridgehead atoms. The first-order valence-corrected chi connectivity index (χ1v) is 9.00. The highest BCUT2D eigenvalue weighted by molar-refractivity contribution is 7.94. The summed E-state index contributed by atoms with van der Waals surface area (Å²) in [5, 5.41) is 1.19. The fourth-order valence-electron chi connectivity index (χ4n) is 2.55. The standard InChI is InChI=1S/C16H17N3O3S/c1-19(16(20)8-12-6-7-23(21,22)11-12)10-13-9-17-14-4-2-3-5-15(14)18-13/h2-7,9,12H,8,10-11H2,1H3/t12-/m0/s1. The average molecular weight is 331 g/mol. The van der Waals surface area contributed by atoms with E-state index < -0.39 is 9.84 Å². The molecule has 6 nitrogen and oxygen atoms in total. The van der Waals surface area contributed by atoms with Crippen LogP contribution in [0.2, 0.25) is 0 Å². The maximum Gasteiger partial charge on any atom is 0.223 e. The van der Waals surface area contributed by atoms with Crippen LogP contribution in [0.15, 0.2) is 41.9 Å². The van der Waals surface area contributed by atoms with Crippen molar-refractivity contribution >= 4 is 26.8 Å². The number of carbonyl (C=O) groups excluding carboxylic acids is 1. The first-order chi connectivity index (χ1) is 10.9. The highest BCUT2D eigenvalue weighted by Crippen LogP contribution is 2.19. The molecule has 1 aromatic carbocycles. The van der Waals surface area contributed by atoms with E-state index in [0.717, 1.165) is 11.0 Å². The van der Waals surface area contributed by atoms with Gasteiger partial charge in [0.2, 0.25) is 5.91 Å². The normalized spacial score (nSPS) is 19.1. The summed E-state index contributed by atoms with van der Waals surface area (Å²) in [6.07, 6.45) is 3.44. The molecule has 1 aliphatic rings. The molecular formula is C16H17N3O3S. The molecule has 0 aliphatic carbocycles. The SMILES string of the molecule is CN(Cc1cnc2ccccc2n1)C(=O)C[C@@H]1C=CS(=O)(=O)C1. The summed E-state index contributed by atoms with van der Waals surface area (Å²) < 4.78 is 22.8. The van der Waals surface area contributed by atoms with Crippen LogP contribution in [-0.4, -0.2) is 42.0 Å². The third kappa shape index (κ3) is 3.73. The molecule has 0 fully saturated rings. The van der Waals surface area contributed by atoms with Crippen LogP contribution >= 0.6 is 0 Å². The van der Waals surface area contributed by atoms with Crippen LogP contribution in [-0.2, 0) is 21.2 Å². The Hall–Kier alpha value is -2.28. The number of para-hydroxylation sites is 2. The van der Waals surface area contributed by atoms with Crippen molar-refractivity contribution in [1.29, 1.82) is 0 Å². The van der Waals surface area contributed by atoms with Crippen LogP contribution in [0.4, 0.5) is 0 Å². The van der Waals surface area contributed by atoms with Gasteiger partial charge in [0.1, 0.15) is 0 Å². The molecule has 2 aromatic rings. The molecule has 1 aromatic heterocycles. The van der Waals surface area contributed by atoms with Crippen molar-refractivity contribution in [3.8, 4) is 0 Å². The van der Waals surface area contributed by atoms with Gasteiger partial charge in [0.15, 0.2) is 9.84 Å². The highest BCUT2D eigenvalue weighted by atomic mass is 32.2. The summed E-state index contributed by atoms with van der Waals surface area (Å²) in [4.78, 5) is 22.6. The quantitative estimate of drug-likeness (QED) is 0.849. The second-order valence-electron chi connectivity index (χ2n) is 5.72. The van der Waals surface area contributed by atoms with E-state index in [-0.39, 0.29) is 24.0 Å². The molecule has 0 N–H and O–H groups in total. The number of allylic oxidation sites excluding steroid dienone is 1. The van der Waals surface area contributed by atoms with Crippen molar-refractivity contribution in [3.05, 3.63) is 47.6 Å². The van der Waals surface area contributed by atoms with Crippen LogP contribution < -0.4 is 0 Å². The lowest BCUT2D eigenvalue weighted by Gasteiger charge is -2.18. The van der Waals surface area contributed by atoms with Crippen molar-refractivity contribution in [2.75, 3.05) is 12.8 Å². The number of aromatic nitrogens is 2. The van der Waals surface area contributed by atoms with Crippen molar-refractivity contribution in [2.45, 2.75) is 13.0 Å². The van der Waals surface area contributed by atoms with Crippen LogP contribution in [0.3, 0.4) is 0 Å². The molecule has 120 valence electrons. The Bertz CT molecular complexity index is 877. The van der Waals surface area contributed by atoms with Crippen molar-refractivity contribution in [2.24, 2.45) is 5.92 Å². The number of sulfone groups is 1. The van der Waals surface area contributed by atoms with Gasteiger partial charge in [-0.25, -0.2) is 13.4 Å². The van der Waals surface area contributed by atoms with Gasteiger partial charge in [0, 0.05) is 24.8 Å². The fraction of sp³-hybridized carbons (Fsp3) is 0.312. The third-order valence-electron chi connectivity index (χ3n) is 3.76. The maximum atomic E-state index is 12.2. The van der Waals surface area contributed by atoms with Crippen molar-refractivity contribution < 1.29 is 13.2 Å². The molecule has 1 aliphatic heterocycles. The summed E-state index contributed by atoms with van der Waals surface area (Å²) in [6, 6.07) is 7.55. The van der Waals surface area contributed by atoms with E-state index in [2.05, 4.69) is 9.97 Å². The molecule has 3 rings (SSSR count). The third-order valence-corrected chi connectivity index (χ3v) is 5.23. The smallest absolute Gasteiger partial charge is 0.223 e. The van der Waals surface area contributed by atoms with E-state index in [1.165, 1.54) is 5.41 Å². The molecule has 0 spiro atoms. The molecule has 2 heterocycles. The number of hydrogen-bond donors (Lipinski definition) is 0. The van der Waals surface area contributed by atoms with Gasteiger partial charge < -0.3 is 4.90 Å². The molecule has 0 radical (unpaired) electrons. The van der Waals surface area contributed by atoms with E-state index in [9.17, 15) is 13.2 Å². The lowest BCUT2D eigenvalue weighted by Crippen LogP contribution is -2.28. The Morgan fingerprint density at radius 2 is 2.04 bits per heavy atom. The first kappa shape index (κ1) is 15.6. The minimum absolute atomic E-state index is 0.0162. The van der Waals surface area contributed by atoms with E-state index in [1.807, 2.05) is 24.3 Å². The highest BCUT2D eigenvalue weighted by Gasteiger charge is 2.25. The predicted octanol–water partition coefficient (Wildman–Crippen LogP) is 1.54. The number of hydrogen-bond acceptors (Lipinski definition) is 5. The van der Waals surface area contributed by atoms with Gasteiger partial charge in [0.05, 0.1) is 35.2 Å². The average Bonchev–Trinajstić information content (AvgIpc) is 2.86. The summed E-state index contributed by atoms with van der Waals surface area (Å²) in [6.45, 7) is 0.347. The van der Waals surface area contributed by atoms with Gasteiger partial charge in [-0.15, -0.1) is 0 Å². The number of carbonyl (C=O) groups is 1. The minimum atomic E-state index is -3.12. The molecule has 0 saturated carbocycles. The van der Waals surface area contributed by atoms with Crippen molar-refractivity contribution in [3.63, 3.8) is 0 Å². The zero-order chi connectivity index (χ0) is 16.4. The van der Waals surface area contributed by atoms with Gasteiger partial charge in [-0.1, -0.05) is 18.2 Å². The van der Waals surface area contributed by atoms with Gasteiger partial charge >= 0.3 is 0 Å².